The van der Waals surface area contributed by atoms with Crippen LogP contribution in [-0.2, 0) is 4.79 Å². The van der Waals surface area contributed by atoms with Crippen molar-refractivity contribution in [3.05, 3.63) is 54.1 Å². The third-order valence-corrected chi connectivity index (χ3v) is 4.90. The summed E-state index contributed by atoms with van der Waals surface area (Å²) in [5.41, 5.74) is 2.30. The first-order valence-electron chi connectivity index (χ1n) is 8.12. The van der Waals surface area contributed by atoms with Gasteiger partial charge in [-0.05, 0) is 48.6 Å². The monoisotopic (exact) mass is 340 g/mol. The minimum absolute atomic E-state index is 0.114. The Morgan fingerprint density at radius 2 is 1.92 bits per heavy atom. The molecule has 0 spiro atoms. The molecule has 1 aliphatic heterocycles. The molecule has 1 N–H and O–H groups in total. The van der Waals surface area contributed by atoms with E-state index in [0.29, 0.717) is 12.0 Å². The lowest BCUT2D eigenvalue weighted by atomic mass is 10.2. The van der Waals surface area contributed by atoms with Gasteiger partial charge in [-0.1, -0.05) is 19.1 Å². The van der Waals surface area contributed by atoms with Crippen molar-refractivity contribution >= 4 is 35.0 Å². The number of nitrogens with one attached hydrogen (secondary N) is 1. The molecule has 3 rings (SSSR count). The van der Waals surface area contributed by atoms with Crippen molar-refractivity contribution in [2.75, 3.05) is 22.5 Å². The van der Waals surface area contributed by atoms with Gasteiger partial charge in [-0.2, -0.15) is 0 Å². The van der Waals surface area contributed by atoms with Gasteiger partial charge in [-0.25, -0.2) is 0 Å². The minimum atomic E-state index is -0.114. The molecular weight excluding hydrogens is 320 g/mol. The Labute approximate surface area is 146 Å². The Hall–Kier alpha value is -2.27. The number of thioether (sulfide) groups is 1. The molecule has 124 valence electrons. The maximum Gasteiger partial charge on any atom is 0.256 e. The fourth-order valence-electron chi connectivity index (χ4n) is 2.78. The van der Waals surface area contributed by atoms with Crippen molar-refractivity contribution in [2.45, 2.75) is 24.7 Å². The van der Waals surface area contributed by atoms with E-state index in [1.807, 2.05) is 48.5 Å². The molecule has 4 nitrogen and oxygen atoms in total. The van der Waals surface area contributed by atoms with E-state index in [1.165, 1.54) is 0 Å². The van der Waals surface area contributed by atoms with Crippen LogP contribution in [0, 0.1) is 0 Å². The second kappa shape index (κ2) is 7.53. The van der Waals surface area contributed by atoms with Gasteiger partial charge in [0, 0.05) is 29.2 Å². The van der Waals surface area contributed by atoms with E-state index < -0.39 is 0 Å². The summed E-state index contributed by atoms with van der Waals surface area (Å²) in [6.45, 7) is 2.84. The van der Waals surface area contributed by atoms with Crippen LogP contribution in [0.15, 0.2) is 53.4 Å². The predicted molar refractivity (Wildman–Crippen MR) is 98.8 cm³/mol. The Balaban J connectivity index is 1.72. The molecule has 5 heteroatoms. The summed E-state index contributed by atoms with van der Waals surface area (Å²) >= 11 is 1.66. The minimum Gasteiger partial charge on any atom is -0.322 e. The van der Waals surface area contributed by atoms with Crippen LogP contribution in [0.3, 0.4) is 0 Å². The molecule has 1 heterocycles. The predicted octanol–water partition coefficient (Wildman–Crippen LogP) is 4.18. The molecule has 1 fully saturated rings. The van der Waals surface area contributed by atoms with Gasteiger partial charge in [-0.15, -0.1) is 11.8 Å². The average molecular weight is 340 g/mol. The molecule has 2 aromatic rings. The number of benzene rings is 2. The molecule has 0 atom stereocenters. The Morgan fingerprint density at radius 1 is 1.17 bits per heavy atom. The summed E-state index contributed by atoms with van der Waals surface area (Å²) in [5.74, 6) is 0.969. The average Bonchev–Trinajstić information content (AvgIpc) is 3.02. The van der Waals surface area contributed by atoms with E-state index in [1.54, 1.807) is 16.7 Å². The van der Waals surface area contributed by atoms with E-state index in [4.69, 9.17) is 0 Å². The van der Waals surface area contributed by atoms with Crippen LogP contribution < -0.4 is 10.2 Å². The number of nitrogens with zero attached hydrogens (tertiary/aromatic N) is 1. The van der Waals surface area contributed by atoms with Gasteiger partial charge in [-0.3, -0.25) is 9.59 Å². The van der Waals surface area contributed by atoms with Gasteiger partial charge in [0.1, 0.15) is 0 Å². The highest BCUT2D eigenvalue weighted by atomic mass is 32.2. The molecule has 1 aliphatic rings. The number of carbonyl (C=O) groups is 2. The maximum absolute atomic E-state index is 12.5. The molecular formula is C19H20N2O2S. The maximum atomic E-state index is 12.5. The standard InChI is InChI=1S/C19H20N2O2S/c1-2-24-17-7-4-3-6-16(17)19(23)20-14-9-11-15(12-10-14)21-13-5-8-18(21)22/h3-4,6-7,9-12H,2,5,8,13H2,1H3,(H,20,23). The highest BCUT2D eigenvalue weighted by Gasteiger charge is 2.21. The summed E-state index contributed by atoms with van der Waals surface area (Å²) in [7, 11) is 0. The lowest BCUT2D eigenvalue weighted by Gasteiger charge is -2.16. The third kappa shape index (κ3) is 3.62. The van der Waals surface area contributed by atoms with E-state index >= 15 is 0 Å². The van der Waals surface area contributed by atoms with E-state index in [9.17, 15) is 9.59 Å². The van der Waals surface area contributed by atoms with Gasteiger partial charge in [0.25, 0.3) is 5.91 Å². The first kappa shape index (κ1) is 16.6. The van der Waals surface area contributed by atoms with Gasteiger partial charge in [0.05, 0.1) is 5.56 Å². The largest absolute Gasteiger partial charge is 0.322 e. The van der Waals surface area contributed by atoms with Crippen LogP contribution in [0.5, 0.6) is 0 Å². The van der Waals surface area contributed by atoms with E-state index in [-0.39, 0.29) is 11.8 Å². The first-order valence-corrected chi connectivity index (χ1v) is 9.11. The molecule has 0 aliphatic carbocycles. The van der Waals surface area contributed by atoms with Crippen LogP contribution in [0.25, 0.3) is 0 Å². The molecule has 0 saturated carbocycles. The SMILES string of the molecule is CCSc1ccccc1C(=O)Nc1ccc(N2CCCC2=O)cc1. The van der Waals surface area contributed by atoms with Gasteiger partial charge in [0.15, 0.2) is 0 Å². The third-order valence-electron chi connectivity index (χ3n) is 3.94. The topological polar surface area (TPSA) is 49.4 Å². The van der Waals surface area contributed by atoms with Crippen LogP contribution in [-0.4, -0.2) is 24.1 Å². The molecule has 2 amide bonds. The fourth-order valence-corrected chi connectivity index (χ4v) is 3.58. The van der Waals surface area contributed by atoms with E-state index in [2.05, 4.69) is 12.2 Å². The highest BCUT2D eigenvalue weighted by Crippen LogP contribution is 2.25. The van der Waals surface area contributed by atoms with Gasteiger partial charge >= 0.3 is 0 Å². The zero-order chi connectivity index (χ0) is 16.9. The lowest BCUT2D eigenvalue weighted by Crippen LogP contribution is -2.23. The molecule has 1 saturated heterocycles. The molecule has 2 aromatic carbocycles. The van der Waals surface area contributed by atoms with Crippen molar-refractivity contribution in [1.29, 1.82) is 0 Å². The van der Waals surface area contributed by atoms with Crippen LogP contribution in [0.4, 0.5) is 11.4 Å². The number of rotatable bonds is 5. The zero-order valence-corrected chi connectivity index (χ0v) is 14.4. The van der Waals surface area contributed by atoms with Gasteiger partial charge < -0.3 is 10.2 Å². The van der Waals surface area contributed by atoms with Crippen molar-refractivity contribution in [3.63, 3.8) is 0 Å². The smallest absolute Gasteiger partial charge is 0.256 e. The number of amides is 2. The van der Waals surface area contributed by atoms with Crippen LogP contribution in [0.1, 0.15) is 30.1 Å². The summed E-state index contributed by atoms with van der Waals surface area (Å²) in [6.07, 6.45) is 1.52. The number of anilines is 2. The molecule has 0 aromatic heterocycles. The van der Waals surface area contributed by atoms with E-state index in [0.717, 1.165) is 35.0 Å². The summed E-state index contributed by atoms with van der Waals surface area (Å²) in [5, 5.41) is 2.93. The Morgan fingerprint density at radius 3 is 2.58 bits per heavy atom. The molecule has 0 unspecified atom stereocenters. The van der Waals surface area contributed by atoms with Crippen LogP contribution in [0.2, 0.25) is 0 Å². The highest BCUT2D eigenvalue weighted by molar-refractivity contribution is 7.99. The number of hydrogen-bond donors (Lipinski definition) is 1. The normalized spacial score (nSPS) is 14.0. The number of hydrogen-bond acceptors (Lipinski definition) is 3. The Kier molecular flexibility index (Phi) is 5.20. The molecule has 24 heavy (non-hydrogen) atoms. The Bertz CT molecular complexity index is 743. The molecule has 0 radical (unpaired) electrons. The lowest BCUT2D eigenvalue weighted by molar-refractivity contribution is -0.117. The second-order valence-electron chi connectivity index (χ2n) is 5.58. The van der Waals surface area contributed by atoms with Gasteiger partial charge in [0.2, 0.25) is 5.91 Å². The quantitative estimate of drug-likeness (QED) is 0.831. The number of carbonyl (C=O) groups excluding carboxylic acids is 2. The summed E-state index contributed by atoms with van der Waals surface area (Å²) < 4.78 is 0. The van der Waals surface area contributed by atoms with Crippen LogP contribution >= 0.6 is 11.8 Å². The van der Waals surface area contributed by atoms with Crippen molar-refractivity contribution in [1.82, 2.24) is 0 Å². The first-order chi connectivity index (χ1) is 11.7. The second-order valence-corrected chi connectivity index (χ2v) is 6.88. The van der Waals surface area contributed by atoms with Crippen molar-refractivity contribution in [3.8, 4) is 0 Å². The fraction of sp³-hybridized carbons (Fsp3) is 0.263. The summed E-state index contributed by atoms with van der Waals surface area (Å²) in [6, 6.07) is 15.1. The zero-order valence-electron chi connectivity index (χ0n) is 13.6. The summed E-state index contributed by atoms with van der Waals surface area (Å²) in [4.78, 5) is 27.1. The van der Waals surface area contributed by atoms with Crippen molar-refractivity contribution < 1.29 is 9.59 Å². The molecule has 0 bridgehead atoms. The van der Waals surface area contributed by atoms with Crippen molar-refractivity contribution in [2.24, 2.45) is 0 Å².